The summed E-state index contributed by atoms with van der Waals surface area (Å²) in [6, 6.07) is 0. The third-order valence-corrected chi connectivity index (χ3v) is 5.28. The average molecular weight is 276 g/mol. The molecule has 2 saturated carbocycles. The van der Waals surface area contributed by atoms with Crippen molar-refractivity contribution in [1.29, 1.82) is 0 Å². The summed E-state index contributed by atoms with van der Waals surface area (Å²) >= 11 is 0. The Morgan fingerprint density at radius 1 is 1.20 bits per heavy atom. The second-order valence-corrected chi connectivity index (χ2v) is 6.57. The van der Waals surface area contributed by atoms with Crippen LogP contribution in [0.3, 0.4) is 0 Å². The Kier molecular flexibility index (Phi) is 4.77. The Morgan fingerprint density at radius 2 is 2.05 bits per heavy atom. The first kappa shape index (κ1) is 14.1. The molecule has 1 heterocycles. The van der Waals surface area contributed by atoms with Gasteiger partial charge in [0.15, 0.2) is 5.89 Å². The van der Waals surface area contributed by atoms with Crippen molar-refractivity contribution in [3.63, 3.8) is 0 Å². The van der Waals surface area contributed by atoms with Crippen molar-refractivity contribution in [2.75, 3.05) is 13.1 Å². The summed E-state index contributed by atoms with van der Waals surface area (Å²) < 4.78 is 6.00. The van der Waals surface area contributed by atoms with Crippen LogP contribution in [-0.2, 0) is 6.42 Å². The molecule has 1 aromatic heterocycles. The zero-order chi connectivity index (χ0) is 13.8. The largest absolute Gasteiger partial charge is 0.445 e. The van der Waals surface area contributed by atoms with Gasteiger partial charge in [0.2, 0.25) is 0 Å². The molecule has 20 heavy (non-hydrogen) atoms. The molecule has 3 rings (SSSR count). The van der Waals surface area contributed by atoms with Crippen molar-refractivity contribution in [1.82, 2.24) is 10.3 Å². The summed E-state index contributed by atoms with van der Waals surface area (Å²) in [6.45, 7) is 4.11. The lowest BCUT2D eigenvalue weighted by Gasteiger charge is -2.38. The van der Waals surface area contributed by atoms with Gasteiger partial charge in [-0.15, -0.1) is 0 Å². The van der Waals surface area contributed by atoms with Crippen molar-refractivity contribution < 1.29 is 4.42 Å². The molecule has 3 atom stereocenters. The molecule has 3 nitrogen and oxygen atoms in total. The van der Waals surface area contributed by atoms with Crippen molar-refractivity contribution in [3.05, 3.63) is 17.8 Å². The van der Waals surface area contributed by atoms with Gasteiger partial charge in [0, 0.05) is 18.9 Å². The van der Waals surface area contributed by atoms with Crippen molar-refractivity contribution in [2.45, 2.75) is 64.2 Å². The quantitative estimate of drug-likeness (QED) is 0.829. The topological polar surface area (TPSA) is 38.1 Å². The van der Waals surface area contributed by atoms with Gasteiger partial charge < -0.3 is 9.73 Å². The van der Waals surface area contributed by atoms with Gasteiger partial charge in [-0.2, -0.15) is 0 Å². The fraction of sp³-hybridized carbons (Fsp3) is 0.824. The minimum absolute atomic E-state index is 0.634. The Bertz CT molecular complexity index is 415. The summed E-state index contributed by atoms with van der Waals surface area (Å²) in [7, 11) is 0. The molecule has 0 bridgehead atoms. The summed E-state index contributed by atoms with van der Waals surface area (Å²) in [4.78, 5) is 4.46. The number of fused-ring (bicyclic) bond motifs is 1. The number of aromatic nitrogens is 1. The lowest BCUT2D eigenvalue weighted by atomic mass is 9.67. The molecular weight excluding hydrogens is 248 g/mol. The van der Waals surface area contributed by atoms with Crippen molar-refractivity contribution in [3.8, 4) is 0 Å². The normalized spacial score (nSPS) is 30.1. The Morgan fingerprint density at radius 3 is 2.90 bits per heavy atom. The fourth-order valence-corrected chi connectivity index (χ4v) is 4.13. The number of rotatable bonds is 5. The second-order valence-electron chi connectivity index (χ2n) is 6.57. The molecule has 112 valence electrons. The van der Waals surface area contributed by atoms with Crippen molar-refractivity contribution >= 4 is 0 Å². The van der Waals surface area contributed by atoms with E-state index >= 15 is 0 Å². The molecule has 0 spiro atoms. The minimum Gasteiger partial charge on any atom is -0.445 e. The van der Waals surface area contributed by atoms with Gasteiger partial charge in [-0.1, -0.05) is 32.6 Å². The lowest BCUT2D eigenvalue weighted by Crippen LogP contribution is -2.26. The highest BCUT2D eigenvalue weighted by Gasteiger charge is 2.34. The first-order valence-corrected chi connectivity index (χ1v) is 8.52. The first-order chi connectivity index (χ1) is 9.86. The molecule has 2 aliphatic carbocycles. The van der Waals surface area contributed by atoms with Gasteiger partial charge in [-0.05, 0) is 37.6 Å². The van der Waals surface area contributed by atoms with Crippen LogP contribution in [0.25, 0.3) is 0 Å². The zero-order valence-electron chi connectivity index (χ0n) is 12.7. The van der Waals surface area contributed by atoms with Crippen LogP contribution < -0.4 is 5.32 Å². The van der Waals surface area contributed by atoms with E-state index in [0.29, 0.717) is 5.92 Å². The van der Waals surface area contributed by atoms with E-state index < -0.39 is 0 Å². The summed E-state index contributed by atoms with van der Waals surface area (Å²) in [5, 5.41) is 3.32. The Labute approximate surface area is 122 Å². The molecule has 1 N–H and O–H groups in total. The third-order valence-electron chi connectivity index (χ3n) is 5.28. The molecule has 0 radical (unpaired) electrons. The maximum Gasteiger partial charge on any atom is 0.195 e. The number of hydrogen-bond donors (Lipinski definition) is 1. The molecule has 0 aromatic carbocycles. The van der Waals surface area contributed by atoms with Crippen LogP contribution in [0.5, 0.6) is 0 Å². The molecule has 3 heteroatoms. The van der Waals surface area contributed by atoms with Crippen molar-refractivity contribution in [2.24, 2.45) is 11.8 Å². The molecule has 2 aliphatic rings. The molecule has 3 unspecified atom stereocenters. The predicted molar refractivity (Wildman–Crippen MR) is 80.8 cm³/mol. The maximum atomic E-state index is 6.00. The zero-order valence-corrected chi connectivity index (χ0v) is 12.7. The molecule has 1 aromatic rings. The smallest absolute Gasteiger partial charge is 0.195 e. The van der Waals surface area contributed by atoms with Crippen LogP contribution in [0.1, 0.15) is 69.4 Å². The van der Waals surface area contributed by atoms with E-state index in [4.69, 9.17) is 4.42 Å². The molecule has 0 aliphatic heterocycles. The maximum absolute atomic E-state index is 6.00. The minimum atomic E-state index is 0.634. The third kappa shape index (κ3) is 3.25. The van der Waals surface area contributed by atoms with E-state index in [2.05, 4.69) is 17.2 Å². The first-order valence-electron chi connectivity index (χ1n) is 8.52. The van der Waals surface area contributed by atoms with Gasteiger partial charge in [0.1, 0.15) is 5.76 Å². The number of nitrogens with one attached hydrogen (secondary N) is 1. The lowest BCUT2D eigenvalue weighted by molar-refractivity contribution is 0.147. The predicted octanol–water partition coefficient (Wildman–Crippen LogP) is 3.90. The average Bonchev–Trinajstić information content (AvgIpc) is 2.96. The summed E-state index contributed by atoms with van der Waals surface area (Å²) in [5.74, 6) is 4.66. The van der Waals surface area contributed by atoms with Crippen LogP contribution in [0.15, 0.2) is 10.6 Å². The van der Waals surface area contributed by atoms with E-state index in [1.54, 1.807) is 0 Å². The number of hydrogen-bond acceptors (Lipinski definition) is 3. The highest BCUT2D eigenvalue weighted by Crippen LogP contribution is 2.46. The molecule has 0 saturated heterocycles. The Balaban J connectivity index is 1.56. The van der Waals surface area contributed by atoms with Gasteiger partial charge in [-0.3, -0.25) is 0 Å². The monoisotopic (exact) mass is 276 g/mol. The fourth-order valence-electron chi connectivity index (χ4n) is 4.13. The number of nitrogens with zero attached hydrogens (tertiary/aromatic N) is 1. The van der Waals surface area contributed by atoms with E-state index in [9.17, 15) is 0 Å². The van der Waals surface area contributed by atoms with E-state index in [0.717, 1.165) is 43.0 Å². The van der Waals surface area contributed by atoms with Gasteiger partial charge in [0.25, 0.3) is 0 Å². The van der Waals surface area contributed by atoms with Gasteiger partial charge in [-0.25, -0.2) is 4.98 Å². The van der Waals surface area contributed by atoms with Crippen LogP contribution in [0.4, 0.5) is 0 Å². The second kappa shape index (κ2) is 6.75. The standard InChI is InChI=1S/C17H28N2O/c1-2-18-10-9-17-19-12-16(20-17)15-8-7-13-5-3-4-6-14(13)11-15/h12-15,18H,2-11H2,1H3. The van der Waals surface area contributed by atoms with Crippen LogP contribution in [-0.4, -0.2) is 18.1 Å². The Hall–Kier alpha value is -0.830. The van der Waals surface area contributed by atoms with E-state index in [-0.39, 0.29) is 0 Å². The SMILES string of the molecule is CCNCCc1ncc(C2CCC3CCCCC3C2)o1. The van der Waals surface area contributed by atoms with Crippen LogP contribution in [0, 0.1) is 11.8 Å². The van der Waals surface area contributed by atoms with E-state index in [1.807, 2.05) is 6.20 Å². The molecule has 0 amide bonds. The highest BCUT2D eigenvalue weighted by atomic mass is 16.4. The number of likely N-dealkylation sites (N-methyl/N-ethyl adjacent to an activating group) is 1. The van der Waals surface area contributed by atoms with Crippen LogP contribution >= 0.6 is 0 Å². The summed E-state index contributed by atoms with van der Waals surface area (Å²) in [6.07, 6.45) is 12.8. The highest BCUT2D eigenvalue weighted by molar-refractivity contribution is 5.05. The van der Waals surface area contributed by atoms with Gasteiger partial charge in [0.05, 0.1) is 6.20 Å². The van der Waals surface area contributed by atoms with E-state index in [1.165, 1.54) is 44.9 Å². The molecular formula is C17H28N2O. The number of oxazole rings is 1. The summed E-state index contributed by atoms with van der Waals surface area (Å²) in [5.41, 5.74) is 0. The van der Waals surface area contributed by atoms with Gasteiger partial charge >= 0.3 is 0 Å². The molecule has 2 fully saturated rings. The van der Waals surface area contributed by atoms with Crippen LogP contribution in [0.2, 0.25) is 0 Å².